The Labute approximate surface area is 195 Å². The van der Waals surface area contributed by atoms with Crippen LogP contribution in [0.3, 0.4) is 0 Å². The van der Waals surface area contributed by atoms with Crippen LogP contribution in [0.15, 0.2) is 59.0 Å². The van der Waals surface area contributed by atoms with Gasteiger partial charge in [0.25, 0.3) is 0 Å². The van der Waals surface area contributed by atoms with Crippen LogP contribution >= 0.6 is 11.8 Å². The summed E-state index contributed by atoms with van der Waals surface area (Å²) in [4.78, 5) is 16.8. The van der Waals surface area contributed by atoms with Crippen molar-refractivity contribution >= 4 is 38.6 Å². The number of nitrogens with zero attached hydrogens (tertiary/aromatic N) is 2. The van der Waals surface area contributed by atoms with Gasteiger partial charge in [-0.25, -0.2) is 13.4 Å². The Bertz CT molecular complexity index is 1130. The molecule has 32 heavy (non-hydrogen) atoms. The minimum atomic E-state index is -3.34. The third kappa shape index (κ3) is 6.84. The summed E-state index contributed by atoms with van der Waals surface area (Å²) in [7, 11) is -3.34. The van der Waals surface area contributed by atoms with Gasteiger partial charge < -0.3 is 9.67 Å². The van der Waals surface area contributed by atoms with Crippen LogP contribution in [0, 0.1) is 5.92 Å². The van der Waals surface area contributed by atoms with Crippen LogP contribution in [0.4, 0.5) is 0 Å². The molecule has 0 aromatic carbocycles. The molecule has 0 spiro atoms. The Kier molecular flexibility index (Phi) is 9.33. The van der Waals surface area contributed by atoms with Gasteiger partial charge in [0.05, 0.1) is 11.3 Å². The molecule has 3 heterocycles. The normalized spacial score (nSPS) is 16.7. The predicted octanol–water partition coefficient (Wildman–Crippen LogP) is 5.42. The van der Waals surface area contributed by atoms with Crippen LogP contribution < -0.4 is 0 Å². The fraction of sp³-hybridized carbons (Fsp3) is 0.417. The van der Waals surface area contributed by atoms with Crippen LogP contribution in [0.2, 0.25) is 0 Å². The molecule has 174 valence electrons. The number of aliphatic carboxylic acids is 1. The van der Waals surface area contributed by atoms with E-state index in [1.807, 2.05) is 16.7 Å². The second-order valence-electron chi connectivity index (χ2n) is 8.09. The van der Waals surface area contributed by atoms with E-state index in [-0.39, 0.29) is 17.2 Å². The number of aromatic nitrogens is 2. The summed E-state index contributed by atoms with van der Waals surface area (Å²) in [5.41, 5.74) is 1.50. The highest BCUT2D eigenvalue weighted by Crippen LogP contribution is 2.36. The third-order valence-corrected chi connectivity index (χ3v) is 7.02. The Morgan fingerprint density at radius 2 is 2.16 bits per heavy atom. The van der Waals surface area contributed by atoms with Crippen molar-refractivity contribution in [1.82, 2.24) is 9.55 Å². The number of rotatable bonds is 7. The van der Waals surface area contributed by atoms with E-state index in [9.17, 15) is 13.2 Å². The van der Waals surface area contributed by atoms with Crippen LogP contribution in [0.25, 0.3) is 11.0 Å². The molecule has 0 radical (unpaired) electrons. The maximum Gasteiger partial charge on any atom is 0.304 e. The maximum absolute atomic E-state index is 11.9. The first kappa shape index (κ1) is 25.9. The number of fused-ring (bicyclic) bond motifs is 3. The number of pyridine rings is 1. The molecule has 0 fully saturated rings. The molecule has 0 saturated carbocycles. The van der Waals surface area contributed by atoms with Gasteiger partial charge in [-0.15, -0.1) is 11.8 Å². The van der Waals surface area contributed by atoms with Gasteiger partial charge in [0.15, 0.2) is 9.84 Å². The Morgan fingerprint density at radius 1 is 1.44 bits per heavy atom. The van der Waals surface area contributed by atoms with Crippen molar-refractivity contribution in [2.45, 2.75) is 50.5 Å². The van der Waals surface area contributed by atoms with Gasteiger partial charge in [-0.1, -0.05) is 38.7 Å². The average molecular weight is 477 g/mol. The number of sulfone groups is 1. The third-order valence-electron chi connectivity index (χ3n) is 5.12. The first-order valence-corrected chi connectivity index (χ1v) is 13.6. The maximum atomic E-state index is 11.9. The zero-order valence-corrected chi connectivity index (χ0v) is 20.7. The monoisotopic (exact) mass is 476 g/mol. The molecule has 2 aromatic rings. The predicted molar refractivity (Wildman–Crippen MR) is 133 cm³/mol. The lowest BCUT2D eigenvalue weighted by atomic mass is 9.93. The first-order chi connectivity index (χ1) is 15.1. The molecule has 1 unspecified atom stereocenters. The molecule has 1 aliphatic heterocycles. The molecule has 1 aliphatic rings. The van der Waals surface area contributed by atoms with Gasteiger partial charge in [0, 0.05) is 40.9 Å². The fourth-order valence-corrected chi connectivity index (χ4v) is 5.00. The number of thioether (sulfide) groups is 1. The number of carboxylic acids is 1. The van der Waals surface area contributed by atoms with Crippen molar-refractivity contribution in [3.63, 3.8) is 0 Å². The van der Waals surface area contributed by atoms with Gasteiger partial charge in [-0.2, -0.15) is 0 Å². The van der Waals surface area contributed by atoms with Crippen molar-refractivity contribution in [1.29, 1.82) is 0 Å². The van der Waals surface area contributed by atoms with Crippen LogP contribution in [0.5, 0.6) is 0 Å². The number of aryl methyl sites for hydroxylation is 1. The van der Waals surface area contributed by atoms with Crippen molar-refractivity contribution in [2.24, 2.45) is 5.92 Å². The molecule has 0 bridgehead atoms. The van der Waals surface area contributed by atoms with Crippen molar-refractivity contribution in [2.75, 3.05) is 12.5 Å². The molecule has 0 amide bonds. The number of hydrogen-bond donors (Lipinski definition) is 1. The highest BCUT2D eigenvalue weighted by Gasteiger charge is 2.27. The summed E-state index contributed by atoms with van der Waals surface area (Å²) in [6.07, 6.45) is 14.6. The lowest BCUT2D eigenvalue weighted by Gasteiger charge is -2.23. The van der Waals surface area contributed by atoms with Gasteiger partial charge in [0.2, 0.25) is 0 Å². The summed E-state index contributed by atoms with van der Waals surface area (Å²) >= 11 is 1.74. The lowest BCUT2D eigenvalue weighted by Crippen LogP contribution is -2.17. The zero-order chi connectivity index (χ0) is 23.9. The second kappa shape index (κ2) is 11.5. The number of carboxylic acid groups (broad SMARTS) is 1. The Balaban J connectivity index is 0.000000282. The standard InChI is InChI=1S/C14H16N2O4S.C10H16S/c1-21(19,20)12-4-5-15-14-10(12)8-11-9(7-13(17)18)3-2-6-16(11)14;1-5-6-10(11-4)8-7-9(2)3/h4-5,8-9H,2-3,6-7H2,1H3,(H,17,18);5-9H,1H2,2-4H3/b;8-7-,10-6+. The molecular weight excluding hydrogens is 444 g/mol. The minimum absolute atomic E-state index is 0.0600. The van der Waals surface area contributed by atoms with E-state index in [2.05, 4.69) is 43.8 Å². The van der Waals surface area contributed by atoms with Crippen molar-refractivity contribution < 1.29 is 18.3 Å². The summed E-state index contributed by atoms with van der Waals surface area (Å²) in [6.45, 7) is 8.74. The molecule has 2 aromatic heterocycles. The zero-order valence-electron chi connectivity index (χ0n) is 19.1. The first-order valence-electron chi connectivity index (χ1n) is 10.5. The van der Waals surface area contributed by atoms with Crippen molar-refractivity contribution in [3.05, 3.63) is 59.8 Å². The topological polar surface area (TPSA) is 89.3 Å². The molecule has 1 N–H and O–H groups in total. The number of hydrogen-bond acceptors (Lipinski definition) is 5. The summed E-state index contributed by atoms with van der Waals surface area (Å²) in [6, 6.07) is 3.29. The molecule has 0 aliphatic carbocycles. The van der Waals surface area contributed by atoms with Crippen LogP contribution in [-0.2, 0) is 21.2 Å². The average Bonchev–Trinajstić information content (AvgIpc) is 3.10. The summed E-state index contributed by atoms with van der Waals surface area (Å²) in [5.74, 6) is -0.303. The van der Waals surface area contributed by atoms with Gasteiger partial charge in [-0.05, 0) is 43.2 Å². The van der Waals surface area contributed by atoms with Gasteiger partial charge in [-0.3, -0.25) is 4.79 Å². The van der Waals surface area contributed by atoms with E-state index < -0.39 is 15.8 Å². The Morgan fingerprint density at radius 3 is 2.72 bits per heavy atom. The fourth-order valence-electron chi connectivity index (χ4n) is 3.70. The summed E-state index contributed by atoms with van der Waals surface area (Å²) in [5, 5.41) is 9.62. The highest BCUT2D eigenvalue weighted by molar-refractivity contribution is 8.02. The molecular formula is C24H32N2O4S2. The lowest BCUT2D eigenvalue weighted by molar-refractivity contribution is -0.137. The number of allylic oxidation sites excluding steroid dienone is 4. The number of carbonyl (C=O) groups is 1. The van der Waals surface area contributed by atoms with Crippen molar-refractivity contribution in [3.8, 4) is 0 Å². The SMILES string of the molecule is C=C/C=C(\C=C/C(C)C)SC.CS(=O)(=O)c1ccnc2c1cc1n2CCCC1CC(=O)O. The second-order valence-corrected chi connectivity index (χ2v) is 11.0. The largest absolute Gasteiger partial charge is 0.481 e. The van der Waals surface area contributed by atoms with E-state index in [0.717, 1.165) is 25.1 Å². The molecule has 3 rings (SSSR count). The Hall–Kier alpha value is -2.32. The summed E-state index contributed by atoms with van der Waals surface area (Å²) < 4.78 is 25.7. The van der Waals surface area contributed by atoms with E-state index in [4.69, 9.17) is 5.11 Å². The molecule has 1 atom stereocenters. The van der Waals surface area contributed by atoms with Gasteiger partial charge >= 0.3 is 5.97 Å². The molecule has 6 nitrogen and oxygen atoms in total. The van der Waals surface area contributed by atoms with Crippen LogP contribution in [-0.4, -0.2) is 41.6 Å². The minimum Gasteiger partial charge on any atom is -0.481 e. The van der Waals surface area contributed by atoms with Gasteiger partial charge in [0.1, 0.15) is 5.65 Å². The van der Waals surface area contributed by atoms with E-state index in [1.165, 1.54) is 23.4 Å². The highest BCUT2D eigenvalue weighted by atomic mass is 32.2. The van der Waals surface area contributed by atoms with E-state index in [1.54, 1.807) is 17.8 Å². The van der Waals surface area contributed by atoms with Crippen LogP contribution in [0.1, 0.15) is 44.7 Å². The smallest absolute Gasteiger partial charge is 0.304 e. The quantitative estimate of drug-likeness (QED) is 0.537. The van der Waals surface area contributed by atoms with E-state index in [0.29, 0.717) is 17.0 Å². The molecule has 0 saturated heterocycles. The molecule has 8 heteroatoms. The van der Waals surface area contributed by atoms with E-state index >= 15 is 0 Å².